The monoisotopic (exact) mass is 1710 g/mol. The first-order valence-electron chi connectivity index (χ1n) is 38.3. The summed E-state index contributed by atoms with van der Waals surface area (Å²) in [5.74, 6) is -4.17. The van der Waals surface area contributed by atoms with Gasteiger partial charge in [-0.05, 0) is 125 Å². The van der Waals surface area contributed by atoms with E-state index in [-0.39, 0.29) is 67.9 Å². The highest BCUT2D eigenvalue weighted by Gasteiger charge is 2.64. The van der Waals surface area contributed by atoms with Crippen LogP contribution in [0.4, 0.5) is 9.59 Å². The Morgan fingerprint density at radius 3 is 1.41 bits per heavy atom. The van der Waals surface area contributed by atoms with Gasteiger partial charge in [0.15, 0.2) is 19.9 Å². The van der Waals surface area contributed by atoms with E-state index in [2.05, 4.69) is 63.8 Å². The number of ether oxygens (including phenoxy) is 4. The second-order valence-corrected chi connectivity index (χ2v) is 40.1. The topological polar surface area (TPSA) is 401 Å². The van der Waals surface area contributed by atoms with E-state index < -0.39 is 148 Å². The highest BCUT2D eigenvalue weighted by atomic mass is 35.5. The maximum absolute atomic E-state index is 14.7. The molecular weight excluding hydrogens is 1620 g/mol. The summed E-state index contributed by atoms with van der Waals surface area (Å²) in [6, 6.07) is 17.1. The minimum atomic E-state index is -3.91. The number of halogens is 1. The van der Waals surface area contributed by atoms with Crippen molar-refractivity contribution in [2.75, 3.05) is 13.1 Å². The van der Waals surface area contributed by atoms with Crippen LogP contribution in [-0.4, -0.2) is 187 Å². The Bertz CT molecular complexity index is 4860. The number of thiazole rings is 2. The third-order valence-corrected chi connectivity index (χ3v) is 27.8. The highest BCUT2D eigenvalue weighted by Crippen LogP contribution is 2.48. The van der Waals surface area contributed by atoms with Crippen molar-refractivity contribution in [3.8, 4) is 34.5 Å². The number of alkyl carbamates (subject to hydrolysis) is 2. The normalized spacial score (nSPS) is 23.7. The van der Waals surface area contributed by atoms with E-state index in [1.165, 1.54) is 62.5 Å². The standard InChI is InChI=1S/C39H47N7O8S3.C36H45ClN6O8S.C3H3NS2/c1-5-24-21-39(24,35(49)45-57(51,52)27-15-16-27)44-33(47)28-19-26(22-46(28)34(48)31(38(2,3)4)43-36(50)54-25-13-9-10-14-25)53-29-20-30(56-37-40-17-18-55-37)42-32(41-29)23-11-7-6-8-12-23;1-5-22-19-36(22,33(46)42-52(48,49)25-15-16-25)41-31(44)26-17-24(50-28-18-27(37)38-30(39-28)21-11-7-6-8-12-21)20-43(26)32(45)29(35(2,3)4)40-34(47)51-23-13-9-10-14-23;5-3-4-1-2-6-3/h5-8,11-12,17-18,20,24-28,31H,1,9-10,13-16,19,21-22H2,2-4H3,(H,43,50)(H,44,47)(H,45,49);5-8,11-12,18,22-26,29H,1,9-10,13-17,19-20H2,2-4H3,(H,40,47)(H,41,44)(H,42,46);1-2H,(H,4,5)/t24-,26-,28+,31-,39-;22-,24-,26+,29-,36-;/m11./s1. The van der Waals surface area contributed by atoms with Gasteiger partial charge in [-0.15, -0.1) is 35.8 Å². The molecule has 8 aliphatic rings. The van der Waals surface area contributed by atoms with Crippen LogP contribution < -0.4 is 40.2 Å². The molecule has 616 valence electrons. The van der Waals surface area contributed by atoms with Crippen molar-refractivity contribution in [3.05, 3.63) is 130 Å². The molecule has 14 rings (SSSR count). The maximum atomic E-state index is 14.7. The summed E-state index contributed by atoms with van der Waals surface area (Å²) in [6.07, 6.45) is 11.9. The van der Waals surface area contributed by atoms with E-state index >= 15 is 0 Å². The first-order chi connectivity index (χ1) is 54.6. The van der Waals surface area contributed by atoms with Crippen LogP contribution >= 0.6 is 58.3 Å². The fourth-order valence-corrected chi connectivity index (χ4v) is 19.5. The number of sulfonamides is 2. The number of H-pyrrole nitrogens is 1. The number of benzene rings is 2. The molecule has 8 fully saturated rings. The van der Waals surface area contributed by atoms with Crippen LogP contribution in [0.5, 0.6) is 11.8 Å². The van der Waals surface area contributed by atoms with Gasteiger partial charge >= 0.3 is 12.2 Å². The smallest absolute Gasteiger partial charge is 0.408 e. The Balaban J connectivity index is 0.000000198. The number of carbonyl (C=O) groups is 8. The molecule has 0 unspecified atom stereocenters. The first-order valence-corrected chi connectivity index (χ1v) is 44.7. The van der Waals surface area contributed by atoms with Gasteiger partial charge in [-0.1, -0.05) is 126 Å². The lowest BCUT2D eigenvalue weighted by Gasteiger charge is -2.35. The Hall–Kier alpha value is -8.94. The van der Waals surface area contributed by atoms with Gasteiger partial charge in [-0.2, -0.15) is 9.97 Å². The predicted octanol–water partition coefficient (Wildman–Crippen LogP) is 10.6. The molecule has 8 amide bonds. The molecule has 6 heterocycles. The lowest BCUT2D eigenvalue weighted by atomic mass is 9.85. The number of aromatic nitrogens is 6. The van der Waals surface area contributed by atoms with Crippen molar-refractivity contribution < 1.29 is 74.1 Å². The molecule has 2 aromatic carbocycles. The molecule has 0 bridgehead atoms. The molecule has 115 heavy (non-hydrogen) atoms. The van der Waals surface area contributed by atoms with E-state index in [9.17, 15) is 55.2 Å². The number of aromatic amines is 1. The average Bonchev–Trinajstić information content (AvgIpc) is 1.58. The summed E-state index contributed by atoms with van der Waals surface area (Å²) in [5, 5.41) is 14.3. The average molecular weight is 1710 g/mol. The molecule has 37 heteroatoms. The Kier molecular flexibility index (Phi) is 26.7. The number of likely N-dealkylation sites (tertiary alicyclic amines) is 2. The molecule has 6 saturated carbocycles. The number of hydrogen-bond acceptors (Lipinski definition) is 25. The molecule has 30 nitrogen and oxygen atoms in total. The quantitative estimate of drug-likeness (QED) is 0.0151. The van der Waals surface area contributed by atoms with Crippen LogP contribution in [0.15, 0.2) is 131 Å². The van der Waals surface area contributed by atoms with Gasteiger partial charge in [-0.3, -0.25) is 38.2 Å². The fraction of sp³-hybridized carbons (Fsp3) is 0.513. The van der Waals surface area contributed by atoms with Crippen molar-refractivity contribution in [2.24, 2.45) is 22.7 Å². The largest absolute Gasteiger partial charge is 0.472 e. The molecule has 7 N–H and O–H groups in total. The van der Waals surface area contributed by atoms with Gasteiger partial charge in [0.25, 0.3) is 11.8 Å². The van der Waals surface area contributed by atoms with E-state index in [1.54, 1.807) is 53.8 Å². The first kappa shape index (κ1) is 85.4. The van der Waals surface area contributed by atoms with E-state index in [0.29, 0.717) is 47.9 Å². The zero-order valence-corrected chi connectivity index (χ0v) is 70.1. The van der Waals surface area contributed by atoms with E-state index in [4.69, 9.17) is 52.7 Å². The number of carbonyl (C=O) groups excluding carboxylic acids is 8. The molecular formula is C78H95ClN14O16S6. The molecule has 2 saturated heterocycles. The number of nitrogens with zero attached hydrogens (tertiary/aromatic N) is 7. The van der Waals surface area contributed by atoms with E-state index in [0.717, 1.165) is 65.2 Å². The van der Waals surface area contributed by atoms with Crippen LogP contribution in [0.2, 0.25) is 5.15 Å². The van der Waals surface area contributed by atoms with Crippen LogP contribution in [-0.2, 0) is 58.3 Å². The maximum Gasteiger partial charge on any atom is 0.408 e. The third kappa shape index (κ3) is 21.6. The van der Waals surface area contributed by atoms with Gasteiger partial charge in [-0.25, -0.2) is 41.4 Å². The summed E-state index contributed by atoms with van der Waals surface area (Å²) in [5.41, 5.74) is -3.30. The number of rotatable bonds is 26. The van der Waals surface area contributed by atoms with Crippen molar-refractivity contribution in [1.29, 1.82) is 0 Å². The SMILES string of the molecule is C=C[C@@H]1C[C@]1(NC(=O)[C@@H]1C[C@@H](Oc2cc(Cl)nc(-c3ccccc3)n2)CN1C(=O)[C@@H](NC(=O)OC1CCCC1)C(C)(C)C)C(=O)NS(=O)(=O)C1CC1.C=C[C@@H]1C[C@]1(NC(=O)[C@@H]1C[C@@H](Oc2cc(Sc3nccs3)nc(-c3ccccc3)n2)CN1C(=O)[C@@H](NC(=O)OC1CCCC1)C(C)(C)C)C(=O)NS(=O)(=O)C1CC1.S=c1[nH]ccs1. The zero-order valence-electron chi connectivity index (χ0n) is 64.5. The molecule has 0 spiro atoms. The fourth-order valence-electron chi connectivity index (χ4n) is 14.4. The molecule has 10 atom stereocenters. The second kappa shape index (κ2) is 35.9. The lowest BCUT2D eigenvalue weighted by molar-refractivity contribution is -0.143. The van der Waals surface area contributed by atoms with Crippen LogP contribution in [0.3, 0.4) is 0 Å². The van der Waals surface area contributed by atoms with E-state index in [1.807, 2.05) is 77.6 Å². The summed E-state index contributed by atoms with van der Waals surface area (Å²) in [4.78, 5) is 139. The Labute approximate surface area is 690 Å². The van der Waals surface area contributed by atoms with Gasteiger partial charge in [0, 0.05) is 71.1 Å². The second-order valence-electron chi connectivity index (χ2n) is 32.0. The Morgan fingerprint density at radius 2 is 1.04 bits per heavy atom. The summed E-state index contributed by atoms with van der Waals surface area (Å²) >= 11 is 15.4. The van der Waals surface area contributed by atoms with Crippen molar-refractivity contribution >= 4 is 126 Å². The number of nitrogens with one attached hydrogen (secondary N) is 7. The Morgan fingerprint density at radius 1 is 0.609 bits per heavy atom. The minimum absolute atomic E-state index is 0.00257. The lowest BCUT2D eigenvalue weighted by Crippen LogP contribution is -2.60. The van der Waals surface area contributed by atoms with Crippen molar-refractivity contribution in [2.45, 2.75) is 224 Å². The molecule has 2 aliphatic heterocycles. The van der Waals surface area contributed by atoms with Gasteiger partial charge < -0.3 is 55.0 Å². The summed E-state index contributed by atoms with van der Waals surface area (Å²) in [7, 11) is -7.82. The highest BCUT2D eigenvalue weighted by molar-refractivity contribution is 8.01. The summed E-state index contributed by atoms with van der Waals surface area (Å²) < 4.78 is 80.8. The third-order valence-electron chi connectivity index (χ3n) is 21.1. The minimum Gasteiger partial charge on any atom is -0.472 e. The molecule has 4 aromatic heterocycles. The predicted molar refractivity (Wildman–Crippen MR) is 434 cm³/mol. The van der Waals surface area contributed by atoms with Crippen LogP contribution in [0.25, 0.3) is 22.8 Å². The van der Waals surface area contributed by atoms with Gasteiger partial charge in [0.1, 0.15) is 69.8 Å². The van der Waals surface area contributed by atoms with Crippen LogP contribution in [0.1, 0.15) is 144 Å². The number of hydrogen-bond donors (Lipinski definition) is 7. The van der Waals surface area contributed by atoms with Crippen molar-refractivity contribution in [3.63, 3.8) is 0 Å². The van der Waals surface area contributed by atoms with Gasteiger partial charge in [0.05, 0.1) is 23.6 Å². The van der Waals surface area contributed by atoms with Gasteiger partial charge in [0.2, 0.25) is 55.4 Å². The molecule has 0 radical (unpaired) electrons. The number of amides is 8. The zero-order chi connectivity index (χ0) is 82.4. The van der Waals surface area contributed by atoms with Crippen LogP contribution in [0, 0.1) is 26.6 Å². The molecule has 6 aliphatic carbocycles. The molecule has 6 aromatic rings. The summed E-state index contributed by atoms with van der Waals surface area (Å²) in [6.45, 7) is 18.2. The van der Waals surface area contributed by atoms with Crippen molar-refractivity contribution in [1.82, 2.24) is 70.4 Å².